The Hall–Kier alpha value is -0.610. The van der Waals surface area contributed by atoms with Gasteiger partial charge in [0, 0.05) is 25.2 Å². The van der Waals surface area contributed by atoms with Gasteiger partial charge >= 0.3 is 0 Å². The first-order valence-electron chi connectivity index (χ1n) is 6.22. The normalized spacial score (nSPS) is 24.2. The second kappa shape index (κ2) is 4.34. The molecule has 4 heteroatoms. The molecule has 1 amide bonds. The lowest BCUT2D eigenvalue weighted by Gasteiger charge is -2.59. The molecule has 92 valence electrons. The van der Waals surface area contributed by atoms with Gasteiger partial charge in [-0.15, -0.1) is 0 Å². The molecular weight excluding hydrogens is 202 g/mol. The average molecular weight is 225 g/mol. The first-order valence-corrected chi connectivity index (χ1v) is 6.22. The van der Waals surface area contributed by atoms with Crippen molar-refractivity contribution in [3.05, 3.63) is 0 Å². The van der Waals surface area contributed by atoms with E-state index in [0.29, 0.717) is 18.0 Å². The summed E-state index contributed by atoms with van der Waals surface area (Å²) in [6, 6.07) is 0.965. The van der Waals surface area contributed by atoms with Gasteiger partial charge in [0.2, 0.25) is 5.91 Å². The monoisotopic (exact) mass is 225 g/mol. The molecule has 1 spiro atoms. The summed E-state index contributed by atoms with van der Waals surface area (Å²) in [5, 5.41) is 6.24. The van der Waals surface area contributed by atoms with Gasteiger partial charge in [-0.2, -0.15) is 0 Å². The lowest BCUT2D eigenvalue weighted by Crippen LogP contribution is -2.66. The molecule has 0 aromatic heterocycles. The summed E-state index contributed by atoms with van der Waals surface area (Å²) in [4.78, 5) is 13.8. The summed E-state index contributed by atoms with van der Waals surface area (Å²) in [5.74, 6) is 0.161. The standard InChI is InChI=1S/C12H23N3O/c1-9(2)14-11(16)6-15-7-12(8-15)4-10(5-12)13-3/h9-10,13H,4-8H2,1-3H3,(H,14,16). The van der Waals surface area contributed by atoms with Crippen molar-refractivity contribution in [2.75, 3.05) is 26.7 Å². The average Bonchev–Trinajstić information content (AvgIpc) is 2.05. The molecule has 2 fully saturated rings. The molecule has 2 aliphatic rings. The summed E-state index contributed by atoms with van der Waals surface area (Å²) >= 11 is 0. The third-order valence-electron chi connectivity index (χ3n) is 3.70. The molecule has 0 bridgehead atoms. The molecule has 2 rings (SSSR count). The van der Waals surface area contributed by atoms with Crippen molar-refractivity contribution in [1.82, 2.24) is 15.5 Å². The van der Waals surface area contributed by atoms with E-state index < -0.39 is 0 Å². The number of hydrogen-bond acceptors (Lipinski definition) is 3. The molecule has 1 aliphatic heterocycles. The van der Waals surface area contributed by atoms with E-state index in [2.05, 4.69) is 15.5 Å². The topological polar surface area (TPSA) is 44.4 Å². The van der Waals surface area contributed by atoms with Gasteiger partial charge in [-0.05, 0) is 39.2 Å². The maximum absolute atomic E-state index is 11.5. The van der Waals surface area contributed by atoms with Crippen LogP contribution < -0.4 is 10.6 Å². The molecule has 1 heterocycles. The van der Waals surface area contributed by atoms with Crippen LogP contribution in [0.3, 0.4) is 0 Å². The van der Waals surface area contributed by atoms with Gasteiger partial charge < -0.3 is 10.6 Å². The minimum Gasteiger partial charge on any atom is -0.353 e. The Morgan fingerprint density at radius 3 is 2.56 bits per heavy atom. The Kier molecular flexibility index (Phi) is 3.22. The van der Waals surface area contributed by atoms with Crippen molar-refractivity contribution < 1.29 is 4.79 Å². The summed E-state index contributed by atoms with van der Waals surface area (Å²) in [7, 11) is 2.03. The third-order valence-corrected chi connectivity index (χ3v) is 3.70. The summed E-state index contributed by atoms with van der Waals surface area (Å²) < 4.78 is 0. The van der Waals surface area contributed by atoms with Crippen LogP contribution in [0, 0.1) is 5.41 Å². The number of carbonyl (C=O) groups is 1. The van der Waals surface area contributed by atoms with Crippen LogP contribution in [0.4, 0.5) is 0 Å². The molecular formula is C12H23N3O. The maximum atomic E-state index is 11.5. The Labute approximate surface area is 97.8 Å². The zero-order valence-electron chi connectivity index (χ0n) is 10.5. The van der Waals surface area contributed by atoms with E-state index >= 15 is 0 Å². The van der Waals surface area contributed by atoms with E-state index in [1.165, 1.54) is 12.8 Å². The first-order chi connectivity index (χ1) is 7.53. The minimum absolute atomic E-state index is 0.161. The summed E-state index contributed by atoms with van der Waals surface area (Å²) in [6.45, 7) is 6.79. The highest BCUT2D eigenvalue weighted by molar-refractivity contribution is 5.78. The fourth-order valence-corrected chi connectivity index (χ4v) is 3.03. The third kappa shape index (κ3) is 2.38. The highest BCUT2D eigenvalue weighted by Crippen LogP contribution is 2.47. The summed E-state index contributed by atoms with van der Waals surface area (Å²) in [5.41, 5.74) is 0.547. The molecule has 16 heavy (non-hydrogen) atoms. The van der Waals surface area contributed by atoms with E-state index in [1.54, 1.807) is 0 Å². The van der Waals surface area contributed by atoms with E-state index in [4.69, 9.17) is 0 Å². The Morgan fingerprint density at radius 2 is 2.06 bits per heavy atom. The van der Waals surface area contributed by atoms with Crippen LogP contribution in [0.15, 0.2) is 0 Å². The van der Waals surface area contributed by atoms with Crippen molar-refractivity contribution in [1.29, 1.82) is 0 Å². The van der Waals surface area contributed by atoms with Crippen molar-refractivity contribution in [3.8, 4) is 0 Å². The highest BCUT2D eigenvalue weighted by Gasteiger charge is 2.51. The Morgan fingerprint density at radius 1 is 1.44 bits per heavy atom. The Bertz CT molecular complexity index is 263. The lowest BCUT2D eigenvalue weighted by molar-refractivity contribution is -0.130. The van der Waals surface area contributed by atoms with Gasteiger partial charge in [-0.3, -0.25) is 9.69 Å². The van der Waals surface area contributed by atoms with Gasteiger partial charge in [0.1, 0.15) is 0 Å². The van der Waals surface area contributed by atoms with Crippen molar-refractivity contribution in [2.45, 2.75) is 38.8 Å². The molecule has 1 saturated carbocycles. The first kappa shape index (κ1) is 11.9. The van der Waals surface area contributed by atoms with Crippen LogP contribution in [-0.2, 0) is 4.79 Å². The molecule has 0 atom stereocenters. The molecule has 0 aromatic carbocycles. The van der Waals surface area contributed by atoms with Crippen LogP contribution in [0.1, 0.15) is 26.7 Å². The minimum atomic E-state index is 0.161. The quantitative estimate of drug-likeness (QED) is 0.718. The molecule has 0 unspecified atom stereocenters. The number of nitrogens with zero attached hydrogens (tertiary/aromatic N) is 1. The highest BCUT2D eigenvalue weighted by atomic mass is 16.2. The van der Waals surface area contributed by atoms with Gasteiger partial charge in [-0.1, -0.05) is 0 Å². The molecule has 1 saturated heterocycles. The second-order valence-electron chi connectivity index (χ2n) is 5.76. The van der Waals surface area contributed by atoms with Crippen LogP contribution in [0.2, 0.25) is 0 Å². The molecule has 2 N–H and O–H groups in total. The van der Waals surface area contributed by atoms with Crippen LogP contribution in [0.5, 0.6) is 0 Å². The van der Waals surface area contributed by atoms with Crippen molar-refractivity contribution >= 4 is 5.91 Å². The number of nitrogens with one attached hydrogen (secondary N) is 2. The van der Waals surface area contributed by atoms with Gasteiger partial charge in [0.15, 0.2) is 0 Å². The van der Waals surface area contributed by atoms with Gasteiger partial charge in [-0.25, -0.2) is 0 Å². The van der Waals surface area contributed by atoms with Crippen molar-refractivity contribution in [2.24, 2.45) is 5.41 Å². The van der Waals surface area contributed by atoms with Crippen LogP contribution in [-0.4, -0.2) is 49.6 Å². The van der Waals surface area contributed by atoms with Gasteiger partial charge in [0.05, 0.1) is 6.54 Å². The van der Waals surface area contributed by atoms with Crippen LogP contribution in [0.25, 0.3) is 0 Å². The largest absolute Gasteiger partial charge is 0.353 e. The number of hydrogen-bond donors (Lipinski definition) is 2. The molecule has 0 aromatic rings. The van der Waals surface area contributed by atoms with E-state index in [1.807, 2.05) is 20.9 Å². The fraction of sp³-hybridized carbons (Fsp3) is 0.917. The van der Waals surface area contributed by atoms with E-state index in [9.17, 15) is 4.79 Å². The fourth-order valence-electron chi connectivity index (χ4n) is 3.03. The van der Waals surface area contributed by atoms with Crippen LogP contribution >= 0.6 is 0 Å². The van der Waals surface area contributed by atoms with Crippen molar-refractivity contribution in [3.63, 3.8) is 0 Å². The zero-order chi connectivity index (χ0) is 11.8. The molecule has 4 nitrogen and oxygen atoms in total. The van der Waals surface area contributed by atoms with E-state index in [0.717, 1.165) is 13.1 Å². The SMILES string of the molecule is CNC1CC2(C1)CN(CC(=O)NC(C)C)C2. The van der Waals surface area contributed by atoms with E-state index in [-0.39, 0.29) is 11.9 Å². The predicted molar refractivity (Wildman–Crippen MR) is 64.2 cm³/mol. The number of rotatable bonds is 4. The zero-order valence-corrected chi connectivity index (χ0v) is 10.5. The van der Waals surface area contributed by atoms with Gasteiger partial charge in [0.25, 0.3) is 0 Å². The second-order valence-corrected chi connectivity index (χ2v) is 5.76. The number of likely N-dealkylation sites (tertiary alicyclic amines) is 1. The summed E-state index contributed by atoms with van der Waals surface area (Å²) in [6.07, 6.45) is 2.57. The number of amides is 1. The number of carbonyl (C=O) groups excluding carboxylic acids is 1. The molecule has 1 aliphatic carbocycles. The lowest BCUT2D eigenvalue weighted by atomic mass is 9.60. The smallest absolute Gasteiger partial charge is 0.234 e. The maximum Gasteiger partial charge on any atom is 0.234 e. The predicted octanol–water partition coefficient (Wildman–Crippen LogP) is 0.195. The molecule has 0 radical (unpaired) electrons. The Balaban J connectivity index is 1.64.